The average molecular weight is 898 g/mol. The minimum Gasteiger partial charge on any atom is -0.395 e. The van der Waals surface area contributed by atoms with E-state index in [1.165, 1.54) is 4.90 Å². The summed E-state index contributed by atoms with van der Waals surface area (Å²) in [6.07, 6.45) is 0. The molecular formula is C56H59N5O6. The summed E-state index contributed by atoms with van der Waals surface area (Å²) in [7, 11) is 3.43. The first-order chi connectivity index (χ1) is 32.4. The number of hydrogen-bond acceptors (Lipinski definition) is 10. The molecule has 11 nitrogen and oxygen atoms in total. The van der Waals surface area contributed by atoms with Gasteiger partial charge in [-0.05, 0) is 38.1 Å². The monoisotopic (exact) mass is 897 g/mol. The van der Waals surface area contributed by atoms with Gasteiger partial charge in [0.25, 0.3) is 0 Å². The summed E-state index contributed by atoms with van der Waals surface area (Å²) < 4.78 is 0. The quantitative estimate of drug-likeness (QED) is 0.108. The van der Waals surface area contributed by atoms with E-state index in [0.29, 0.717) is 55.0 Å². The van der Waals surface area contributed by atoms with Crippen molar-refractivity contribution in [2.45, 2.75) is 25.7 Å². The molecule has 8 rings (SSSR count). The van der Waals surface area contributed by atoms with Gasteiger partial charge in [0.1, 0.15) is 0 Å². The van der Waals surface area contributed by atoms with E-state index in [1.54, 1.807) is 38.4 Å². The van der Waals surface area contributed by atoms with Gasteiger partial charge < -0.3 is 10.0 Å². The highest BCUT2D eigenvalue weighted by Gasteiger charge is 2.47. The van der Waals surface area contributed by atoms with E-state index in [1.807, 2.05) is 157 Å². The van der Waals surface area contributed by atoms with Gasteiger partial charge >= 0.3 is 0 Å². The molecule has 2 aliphatic heterocycles. The van der Waals surface area contributed by atoms with Gasteiger partial charge in [-0.25, -0.2) is 0 Å². The molecule has 2 fully saturated rings. The van der Waals surface area contributed by atoms with E-state index >= 15 is 0 Å². The van der Waals surface area contributed by atoms with Gasteiger partial charge in [0.2, 0.25) is 5.91 Å². The van der Waals surface area contributed by atoms with Gasteiger partial charge in [0, 0.05) is 127 Å². The molecule has 2 unspecified atom stereocenters. The maximum Gasteiger partial charge on any atom is 0.236 e. The lowest BCUT2D eigenvalue weighted by Crippen LogP contribution is -2.52. The number of likely N-dealkylation sites (tertiary alicyclic amines) is 2. The zero-order valence-corrected chi connectivity index (χ0v) is 38.6. The second-order valence-corrected chi connectivity index (χ2v) is 17.8. The van der Waals surface area contributed by atoms with Gasteiger partial charge in [-0.15, -0.1) is 0 Å². The van der Waals surface area contributed by atoms with Gasteiger partial charge in [0.05, 0.1) is 13.2 Å². The van der Waals surface area contributed by atoms with Crippen LogP contribution in [0.1, 0.15) is 76.0 Å². The van der Waals surface area contributed by atoms with E-state index in [4.69, 9.17) is 9.97 Å². The number of piperidine rings is 2. The third-order valence-corrected chi connectivity index (χ3v) is 12.9. The molecule has 6 aromatic rings. The maximum atomic E-state index is 13.9. The molecule has 4 atom stereocenters. The Morgan fingerprint density at radius 1 is 0.478 bits per heavy atom. The fourth-order valence-electron chi connectivity index (χ4n) is 9.64. The van der Waals surface area contributed by atoms with Crippen molar-refractivity contribution in [1.82, 2.24) is 24.7 Å². The molecule has 1 amide bonds. The van der Waals surface area contributed by atoms with Crippen LogP contribution in [0.4, 0.5) is 0 Å². The number of benzene rings is 4. The number of carbonyl (C=O) groups is 5. The van der Waals surface area contributed by atoms with Gasteiger partial charge in [-0.3, -0.25) is 43.7 Å². The van der Waals surface area contributed by atoms with Gasteiger partial charge in [-0.2, -0.15) is 0 Å². The Balaban J connectivity index is 0.000000200. The van der Waals surface area contributed by atoms with Crippen molar-refractivity contribution in [2.75, 3.05) is 60.0 Å². The van der Waals surface area contributed by atoms with Crippen molar-refractivity contribution >= 4 is 29.0 Å². The number of amides is 1. The first-order valence-electron chi connectivity index (χ1n) is 22.9. The fraction of sp³-hybridized carbons (Fsp3) is 0.304. The molecule has 1 N–H and O–H groups in total. The Kier molecular flexibility index (Phi) is 16.2. The summed E-state index contributed by atoms with van der Waals surface area (Å²) in [6, 6.07) is 48.4. The summed E-state index contributed by atoms with van der Waals surface area (Å²) in [5.74, 6) is -2.78. The van der Waals surface area contributed by atoms with Crippen molar-refractivity contribution in [3.63, 3.8) is 0 Å². The topological polar surface area (TPSA) is 141 Å². The van der Waals surface area contributed by atoms with Crippen molar-refractivity contribution in [3.8, 4) is 0 Å². The summed E-state index contributed by atoms with van der Waals surface area (Å²) >= 11 is 0. The number of likely N-dealkylation sites (N-methyl/N-ethyl adjacent to an activating group) is 1. The predicted molar refractivity (Wildman–Crippen MR) is 259 cm³/mol. The molecule has 0 bridgehead atoms. The minimum absolute atomic E-state index is 0.00686. The number of β-amino-alcohol motifs (C(OH)–C–C–N with tert-alkyl or cyclic N) is 1. The molecule has 67 heavy (non-hydrogen) atoms. The van der Waals surface area contributed by atoms with E-state index in [-0.39, 0.29) is 48.1 Å². The number of nitrogens with zero attached hydrogens (tertiary/aromatic N) is 5. The highest BCUT2D eigenvalue weighted by Crippen LogP contribution is 2.42. The second-order valence-electron chi connectivity index (χ2n) is 17.8. The molecule has 2 aliphatic rings. The van der Waals surface area contributed by atoms with Crippen LogP contribution in [-0.4, -0.2) is 119 Å². The molecule has 2 saturated heterocycles. The van der Waals surface area contributed by atoms with Crippen LogP contribution in [0.15, 0.2) is 158 Å². The van der Waals surface area contributed by atoms with Crippen LogP contribution in [0, 0.1) is 37.5 Å². The smallest absolute Gasteiger partial charge is 0.236 e. The number of pyridine rings is 2. The van der Waals surface area contributed by atoms with E-state index in [0.717, 1.165) is 22.8 Å². The van der Waals surface area contributed by atoms with Crippen LogP contribution >= 0.6 is 0 Å². The standard InChI is InChI=1S/C29H31N3O3.C27H28N2O3/c1-20-11-10-16-25(30-20)27-23(28(34)21-12-6-4-7-13-21)17-32(19-26(33)31(2)3)18-24(27)29(35)22-14-8-5-9-15-22;1-19-9-8-14-24(28-19)25-22(26(31)20-10-4-2-5-11-20)17-29(15-16-30)18-23(25)27(32)21-12-6-3-7-13-21/h4-16,23-24,27H,17-19H2,1-3H3;2-14,22-23,25,30H,15-18H2,1H3/t23-,24-;/m0./s1. The van der Waals surface area contributed by atoms with E-state index in [9.17, 15) is 29.1 Å². The Hall–Kier alpha value is -6.79. The number of Topliss-reactive ketones (excluding diaryl/α,β-unsaturated/α-hetero) is 4. The zero-order chi connectivity index (χ0) is 47.5. The number of aryl methyl sites for hydroxylation is 2. The summed E-state index contributed by atoms with van der Waals surface area (Å²) in [4.78, 5) is 82.8. The van der Waals surface area contributed by atoms with Crippen molar-refractivity contribution in [2.24, 2.45) is 23.7 Å². The SMILES string of the molecule is Cc1cccc(C2C(C(=O)c3ccccc3)CN(CCO)CC2C(=O)c2ccccc2)n1.Cc1cccc(C2[C@@H](C(=O)c3ccccc3)CN(CC(=O)N(C)C)C[C@@H]2C(=O)c2ccccc2)n1. The summed E-state index contributed by atoms with van der Waals surface area (Å²) in [6.45, 7) is 6.11. The van der Waals surface area contributed by atoms with Crippen LogP contribution in [0.5, 0.6) is 0 Å². The Morgan fingerprint density at radius 3 is 1.07 bits per heavy atom. The molecule has 2 aromatic heterocycles. The van der Waals surface area contributed by atoms with Crippen LogP contribution in [0.3, 0.4) is 0 Å². The van der Waals surface area contributed by atoms with Crippen LogP contribution in [0.25, 0.3) is 0 Å². The molecular weight excluding hydrogens is 839 g/mol. The van der Waals surface area contributed by atoms with E-state index in [2.05, 4.69) is 0 Å². The maximum absolute atomic E-state index is 13.9. The van der Waals surface area contributed by atoms with Gasteiger partial charge in [-0.1, -0.05) is 133 Å². The fourth-order valence-corrected chi connectivity index (χ4v) is 9.64. The number of carbonyl (C=O) groups excluding carboxylic acids is 5. The molecule has 0 aliphatic carbocycles. The van der Waals surface area contributed by atoms with Crippen LogP contribution < -0.4 is 0 Å². The summed E-state index contributed by atoms with van der Waals surface area (Å²) in [5.41, 5.74) is 5.67. The third-order valence-electron chi connectivity index (χ3n) is 12.9. The van der Waals surface area contributed by atoms with Gasteiger partial charge in [0.15, 0.2) is 23.1 Å². The minimum atomic E-state index is -0.520. The number of aliphatic hydroxyl groups is 1. The largest absolute Gasteiger partial charge is 0.395 e. The molecule has 344 valence electrons. The molecule has 0 radical (unpaired) electrons. The lowest BCUT2D eigenvalue weighted by atomic mass is 9.70. The Bertz CT molecular complexity index is 2500. The zero-order valence-electron chi connectivity index (χ0n) is 38.6. The highest BCUT2D eigenvalue weighted by atomic mass is 16.3. The number of aliphatic hydroxyl groups excluding tert-OH is 1. The lowest BCUT2D eigenvalue weighted by Gasteiger charge is -2.42. The summed E-state index contributed by atoms with van der Waals surface area (Å²) in [5, 5.41) is 9.60. The molecule has 0 saturated carbocycles. The molecule has 0 spiro atoms. The normalized spacial score (nSPS) is 19.9. The first kappa shape index (κ1) is 48.2. The van der Waals surface area contributed by atoms with Crippen LogP contribution in [0.2, 0.25) is 0 Å². The number of rotatable bonds is 14. The number of hydrogen-bond donors (Lipinski definition) is 1. The van der Waals surface area contributed by atoms with Crippen molar-refractivity contribution in [1.29, 1.82) is 0 Å². The molecule has 4 heterocycles. The first-order valence-corrected chi connectivity index (χ1v) is 22.9. The number of ketones is 4. The predicted octanol–water partition coefficient (Wildman–Crippen LogP) is 7.66. The molecule has 11 heteroatoms. The highest BCUT2D eigenvalue weighted by molar-refractivity contribution is 6.03. The van der Waals surface area contributed by atoms with Crippen molar-refractivity contribution < 1.29 is 29.1 Å². The third kappa shape index (κ3) is 11.8. The molecule has 4 aromatic carbocycles. The van der Waals surface area contributed by atoms with E-state index < -0.39 is 29.6 Å². The Labute approximate surface area is 393 Å². The Morgan fingerprint density at radius 2 is 0.791 bits per heavy atom. The number of aromatic nitrogens is 2. The van der Waals surface area contributed by atoms with Crippen molar-refractivity contribution in [3.05, 3.63) is 203 Å². The second kappa shape index (κ2) is 22.6. The van der Waals surface area contributed by atoms with Crippen LogP contribution in [-0.2, 0) is 4.79 Å². The average Bonchev–Trinajstić information content (AvgIpc) is 3.36. The lowest BCUT2D eigenvalue weighted by molar-refractivity contribution is -0.130.